The molecular formula is C21H16BN3Y-. The summed E-state index contributed by atoms with van der Waals surface area (Å²) in [6, 6.07) is 23.5. The molecule has 1 aromatic heterocycles. The van der Waals surface area contributed by atoms with E-state index in [0.717, 1.165) is 28.1 Å². The van der Waals surface area contributed by atoms with E-state index in [0.29, 0.717) is 0 Å². The van der Waals surface area contributed by atoms with Crippen molar-refractivity contribution in [1.29, 1.82) is 0 Å². The van der Waals surface area contributed by atoms with Crippen molar-refractivity contribution < 1.29 is 37.3 Å². The minimum atomic E-state index is 0. The van der Waals surface area contributed by atoms with E-state index >= 15 is 0 Å². The van der Waals surface area contributed by atoms with Crippen LogP contribution < -0.4 is 4.57 Å². The first-order chi connectivity index (χ1) is 11.7. The molecule has 0 bridgehead atoms. The summed E-state index contributed by atoms with van der Waals surface area (Å²) in [5.74, 6) is 0.851. The molecule has 26 heavy (non-hydrogen) atoms. The van der Waals surface area contributed by atoms with Gasteiger partial charge in [0.2, 0.25) is 12.2 Å². The van der Waals surface area contributed by atoms with E-state index in [4.69, 9.17) is 0 Å². The van der Waals surface area contributed by atoms with Crippen LogP contribution in [0.15, 0.2) is 61.2 Å². The predicted molar refractivity (Wildman–Crippen MR) is 99.7 cm³/mol. The summed E-state index contributed by atoms with van der Waals surface area (Å²) in [6.07, 6.45) is 3.33. The first-order valence-corrected chi connectivity index (χ1v) is 7.83. The maximum atomic E-state index is 4.42. The molecule has 4 aromatic rings. The Morgan fingerprint density at radius 2 is 1.81 bits per heavy atom. The van der Waals surface area contributed by atoms with Gasteiger partial charge in [0, 0.05) is 41.1 Å². The van der Waals surface area contributed by atoms with Crippen LogP contribution in [-0.2, 0) is 39.8 Å². The second-order valence-electron chi connectivity index (χ2n) is 5.81. The summed E-state index contributed by atoms with van der Waals surface area (Å²) in [5.41, 5.74) is 4.20. The number of fused-ring (bicyclic) bond motifs is 1. The van der Waals surface area contributed by atoms with Gasteiger partial charge in [-0.2, -0.15) is 29.8 Å². The van der Waals surface area contributed by atoms with Crippen LogP contribution >= 0.6 is 0 Å². The van der Waals surface area contributed by atoms with Gasteiger partial charge in [0.05, 0.1) is 7.05 Å². The van der Waals surface area contributed by atoms with Gasteiger partial charge in [0.25, 0.3) is 6.33 Å². The van der Waals surface area contributed by atoms with Gasteiger partial charge in [-0.05, 0) is 0 Å². The number of aromatic nitrogens is 3. The van der Waals surface area contributed by atoms with Crippen molar-refractivity contribution in [2.45, 2.75) is 6.92 Å². The summed E-state index contributed by atoms with van der Waals surface area (Å²) in [4.78, 5) is 8.47. The molecule has 0 saturated carbocycles. The Balaban J connectivity index is 0.00000121. The van der Waals surface area contributed by atoms with Crippen molar-refractivity contribution in [3.05, 3.63) is 78.9 Å². The van der Waals surface area contributed by atoms with Crippen LogP contribution in [-0.4, -0.2) is 18.4 Å². The summed E-state index contributed by atoms with van der Waals surface area (Å²) in [7, 11) is 1.94. The molecule has 122 valence electrons. The van der Waals surface area contributed by atoms with Crippen molar-refractivity contribution in [3.63, 3.8) is 0 Å². The van der Waals surface area contributed by atoms with Gasteiger partial charge in [-0.25, -0.2) is 5.56 Å². The molecule has 0 atom stereocenters. The first-order valence-electron chi connectivity index (χ1n) is 7.83. The standard InChI is InChI=1S/C21H16N3.B.Y/c1-15-10-11-17(12-20(15)21-23-13-22-14-24(21)2)19-9-5-7-16-6-3-4-8-18(16)19;;/h3-8,10-11,13-14H,1-2H3;;/q-1;;. The predicted octanol–water partition coefficient (Wildman–Crippen LogP) is 3.31. The fourth-order valence-electron chi connectivity index (χ4n) is 2.93. The number of hydrogen-bond donors (Lipinski definition) is 0. The third-order valence-corrected chi connectivity index (χ3v) is 4.19. The molecule has 0 spiro atoms. The molecule has 0 amide bonds. The minimum absolute atomic E-state index is 0. The van der Waals surface area contributed by atoms with Gasteiger partial charge in [-0.15, -0.1) is 39.5 Å². The van der Waals surface area contributed by atoms with Gasteiger partial charge in [0.15, 0.2) is 0 Å². The number of benzene rings is 3. The fourth-order valence-corrected chi connectivity index (χ4v) is 2.93. The summed E-state index contributed by atoms with van der Waals surface area (Å²) in [6.45, 7) is 2.07. The molecule has 0 aliphatic carbocycles. The molecule has 0 unspecified atom stereocenters. The largest absolute Gasteiger partial charge is 0.269 e. The molecule has 4 radical (unpaired) electrons. The molecule has 3 nitrogen and oxygen atoms in total. The first kappa shape index (κ1) is 20.4. The Labute approximate surface area is 181 Å². The molecule has 3 aromatic carbocycles. The van der Waals surface area contributed by atoms with Crippen LogP contribution in [0.3, 0.4) is 0 Å². The zero-order valence-electron chi connectivity index (χ0n) is 14.8. The van der Waals surface area contributed by atoms with E-state index in [2.05, 4.69) is 71.5 Å². The molecule has 0 aliphatic heterocycles. The van der Waals surface area contributed by atoms with Crippen LogP contribution in [0.1, 0.15) is 5.56 Å². The molecule has 0 saturated heterocycles. The summed E-state index contributed by atoms with van der Waals surface area (Å²) in [5, 5.41) is 2.38. The molecule has 0 N–H and O–H groups in total. The fraction of sp³-hybridized carbons (Fsp3) is 0.0952. The SMILES string of the molecule is Cc1ccc(-c2[c-]ccc3ccccc23)[c-]c1-c1ncnc[n+]1C.[B].[Y]. The van der Waals surface area contributed by atoms with Gasteiger partial charge in [-0.3, -0.25) is 4.57 Å². The van der Waals surface area contributed by atoms with Crippen LogP contribution in [0, 0.1) is 19.1 Å². The Kier molecular flexibility index (Phi) is 6.80. The van der Waals surface area contributed by atoms with E-state index in [1.54, 1.807) is 12.7 Å². The van der Waals surface area contributed by atoms with E-state index in [1.165, 1.54) is 10.8 Å². The maximum absolute atomic E-state index is 4.42. The van der Waals surface area contributed by atoms with E-state index in [1.807, 2.05) is 17.7 Å². The van der Waals surface area contributed by atoms with Crippen molar-refractivity contribution in [3.8, 4) is 22.5 Å². The van der Waals surface area contributed by atoms with Crippen molar-refractivity contribution in [2.75, 3.05) is 0 Å². The molecule has 1 heterocycles. The van der Waals surface area contributed by atoms with Crippen molar-refractivity contribution in [2.24, 2.45) is 7.05 Å². The number of hydrogen-bond acceptors (Lipinski definition) is 2. The van der Waals surface area contributed by atoms with Gasteiger partial charge < -0.3 is 0 Å². The van der Waals surface area contributed by atoms with Crippen LogP contribution in [0.5, 0.6) is 0 Å². The molecule has 0 fully saturated rings. The monoisotopic (exact) mass is 410 g/mol. The summed E-state index contributed by atoms with van der Waals surface area (Å²) >= 11 is 0. The Morgan fingerprint density at radius 3 is 2.62 bits per heavy atom. The normalized spacial score (nSPS) is 10.1. The Hall–Kier alpha value is -1.90. The van der Waals surface area contributed by atoms with E-state index < -0.39 is 0 Å². The van der Waals surface area contributed by atoms with Crippen LogP contribution in [0.2, 0.25) is 0 Å². The third-order valence-electron chi connectivity index (χ3n) is 4.19. The van der Waals surface area contributed by atoms with Gasteiger partial charge >= 0.3 is 0 Å². The van der Waals surface area contributed by atoms with Gasteiger partial charge in [0.1, 0.15) is 0 Å². The third kappa shape index (κ3) is 3.77. The smallest absolute Gasteiger partial charge is 0.255 e. The zero-order chi connectivity index (χ0) is 16.5. The average molecular weight is 410 g/mol. The van der Waals surface area contributed by atoms with Crippen molar-refractivity contribution >= 4 is 19.2 Å². The second kappa shape index (κ2) is 8.66. The average Bonchev–Trinajstić information content (AvgIpc) is 2.62. The van der Waals surface area contributed by atoms with E-state index in [9.17, 15) is 0 Å². The zero-order valence-corrected chi connectivity index (χ0v) is 17.6. The van der Waals surface area contributed by atoms with Gasteiger partial charge in [-0.1, -0.05) is 35.7 Å². The number of nitrogens with zero attached hydrogens (tertiary/aromatic N) is 3. The molecule has 0 aliphatic rings. The maximum Gasteiger partial charge on any atom is 0.255 e. The molecule has 5 heteroatoms. The Morgan fingerprint density at radius 1 is 1.00 bits per heavy atom. The topological polar surface area (TPSA) is 29.7 Å². The summed E-state index contributed by atoms with van der Waals surface area (Å²) < 4.78 is 1.91. The molecular weight excluding hydrogens is 394 g/mol. The quantitative estimate of drug-likeness (QED) is 0.289. The minimum Gasteiger partial charge on any atom is -0.269 e. The number of rotatable bonds is 2. The Bertz CT molecular complexity index is 1040. The van der Waals surface area contributed by atoms with Crippen molar-refractivity contribution in [1.82, 2.24) is 9.97 Å². The second-order valence-corrected chi connectivity index (χ2v) is 5.81. The van der Waals surface area contributed by atoms with Crippen LogP contribution in [0.4, 0.5) is 0 Å². The number of aryl methyl sites for hydroxylation is 2. The molecule has 4 rings (SSSR count). The van der Waals surface area contributed by atoms with E-state index in [-0.39, 0.29) is 41.1 Å². The van der Waals surface area contributed by atoms with Crippen LogP contribution in [0.25, 0.3) is 33.3 Å².